The fraction of sp³-hybridized carbons (Fsp3) is 0.300. The van der Waals surface area contributed by atoms with Crippen LogP contribution >= 0.6 is 11.6 Å². The number of carbonyl (C=O) groups excluding carboxylic acids is 1. The van der Waals surface area contributed by atoms with E-state index in [0.29, 0.717) is 6.07 Å². The zero-order chi connectivity index (χ0) is 15.5. The van der Waals surface area contributed by atoms with Gasteiger partial charge in [-0.25, -0.2) is 27.1 Å². The van der Waals surface area contributed by atoms with Crippen LogP contribution in [0.5, 0.6) is 0 Å². The first kappa shape index (κ1) is 16.8. The molecule has 6 nitrogen and oxygen atoms in total. The van der Waals surface area contributed by atoms with Crippen molar-refractivity contribution in [2.24, 2.45) is 5.14 Å². The lowest BCUT2D eigenvalue weighted by Gasteiger charge is -2.10. The van der Waals surface area contributed by atoms with Crippen LogP contribution in [-0.4, -0.2) is 34.7 Å². The minimum absolute atomic E-state index is 0.0646. The molecule has 0 bridgehead atoms. The van der Waals surface area contributed by atoms with Crippen LogP contribution in [0.4, 0.5) is 8.78 Å². The van der Waals surface area contributed by atoms with Crippen molar-refractivity contribution in [3.05, 3.63) is 28.3 Å². The number of hydrogen-bond donors (Lipinski definition) is 1. The number of methoxy groups -OCH3 is 1. The highest BCUT2D eigenvalue weighted by molar-refractivity contribution is 7.89. The molecule has 0 saturated heterocycles. The van der Waals surface area contributed by atoms with Crippen molar-refractivity contribution in [3.63, 3.8) is 0 Å². The molecule has 0 fully saturated rings. The smallest absolute Gasteiger partial charge is 0.339 e. The van der Waals surface area contributed by atoms with Crippen molar-refractivity contribution in [3.8, 4) is 0 Å². The Morgan fingerprint density at radius 3 is 2.50 bits per heavy atom. The normalized spacial score (nSPS) is 11.4. The van der Waals surface area contributed by atoms with Crippen LogP contribution in [0.2, 0.25) is 5.02 Å². The molecule has 0 aromatic heterocycles. The number of nitrogens with two attached hydrogens (primary N) is 1. The van der Waals surface area contributed by atoms with Gasteiger partial charge in [0.2, 0.25) is 10.0 Å². The molecule has 0 amide bonds. The molecule has 0 atom stereocenters. The zero-order valence-corrected chi connectivity index (χ0v) is 11.7. The molecule has 0 heterocycles. The van der Waals surface area contributed by atoms with Gasteiger partial charge in [0, 0.05) is 7.11 Å². The molecule has 0 aliphatic carbocycles. The van der Waals surface area contributed by atoms with Crippen molar-refractivity contribution in [2.45, 2.75) is 4.90 Å². The predicted molar refractivity (Wildman–Crippen MR) is 64.9 cm³/mol. The topological polar surface area (TPSA) is 95.7 Å². The second-order valence-corrected chi connectivity index (χ2v) is 5.41. The van der Waals surface area contributed by atoms with E-state index in [0.717, 1.165) is 0 Å². The number of benzene rings is 1. The maximum atomic E-state index is 13.4. The third-order valence-corrected chi connectivity index (χ3v) is 3.60. The molecule has 0 radical (unpaired) electrons. The number of carbonyl (C=O) groups is 1. The Hall–Kier alpha value is -1.29. The Bertz CT molecular complexity index is 635. The van der Waals surface area contributed by atoms with E-state index in [1.54, 1.807) is 0 Å². The highest BCUT2D eigenvalue weighted by Gasteiger charge is 2.28. The number of esters is 1. The molecule has 1 rings (SSSR count). The molecule has 1 aromatic rings. The third-order valence-electron chi connectivity index (χ3n) is 2.14. The van der Waals surface area contributed by atoms with Crippen LogP contribution in [0.3, 0.4) is 0 Å². The van der Waals surface area contributed by atoms with Gasteiger partial charge in [-0.3, -0.25) is 0 Å². The lowest BCUT2D eigenvalue weighted by molar-refractivity contribution is 0.0387. The molecule has 112 valence electrons. The van der Waals surface area contributed by atoms with Crippen molar-refractivity contribution in [1.82, 2.24) is 0 Å². The van der Waals surface area contributed by atoms with E-state index in [4.69, 9.17) is 16.7 Å². The average Bonchev–Trinajstić information content (AvgIpc) is 2.32. The molecular formula is C10H10ClF2NO5S. The molecule has 20 heavy (non-hydrogen) atoms. The van der Waals surface area contributed by atoms with Crippen LogP contribution in [-0.2, 0) is 19.5 Å². The summed E-state index contributed by atoms with van der Waals surface area (Å²) in [6.45, 7) is -0.107. The standard InChI is InChI=1S/C10H10ClF2NO5S/c1-18-2-3-19-10(15)5-4-6(12)8(13)9(7(5)11)20(14,16)17/h4H,2-3H2,1H3,(H2,14,16,17). The molecule has 2 N–H and O–H groups in total. The number of halogens is 3. The van der Waals surface area contributed by atoms with E-state index in [2.05, 4.69) is 9.47 Å². The van der Waals surface area contributed by atoms with Crippen molar-refractivity contribution >= 4 is 27.6 Å². The predicted octanol–water partition coefficient (Wildman–Crippen LogP) is 1.07. The van der Waals surface area contributed by atoms with E-state index < -0.39 is 43.1 Å². The van der Waals surface area contributed by atoms with Gasteiger partial charge in [0.1, 0.15) is 11.5 Å². The number of rotatable bonds is 5. The van der Waals surface area contributed by atoms with Gasteiger partial charge in [-0.05, 0) is 6.07 Å². The van der Waals surface area contributed by atoms with E-state index in [1.165, 1.54) is 7.11 Å². The molecular weight excluding hydrogens is 320 g/mol. The van der Waals surface area contributed by atoms with Gasteiger partial charge in [0.15, 0.2) is 11.6 Å². The van der Waals surface area contributed by atoms with E-state index in [-0.39, 0.29) is 13.2 Å². The van der Waals surface area contributed by atoms with Gasteiger partial charge in [0.25, 0.3) is 0 Å². The fourth-order valence-electron chi connectivity index (χ4n) is 1.27. The molecule has 0 saturated carbocycles. The third kappa shape index (κ3) is 3.63. The zero-order valence-electron chi connectivity index (χ0n) is 10.2. The summed E-state index contributed by atoms with van der Waals surface area (Å²) in [5.74, 6) is -4.47. The quantitative estimate of drug-likeness (QED) is 0.495. The minimum Gasteiger partial charge on any atom is -0.460 e. The lowest BCUT2D eigenvalue weighted by Crippen LogP contribution is -2.18. The van der Waals surface area contributed by atoms with Gasteiger partial charge in [-0.2, -0.15) is 0 Å². The summed E-state index contributed by atoms with van der Waals surface area (Å²) >= 11 is 5.58. The number of sulfonamides is 1. The van der Waals surface area contributed by atoms with Gasteiger partial charge < -0.3 is 9.47 Å². The second-order valence-electron chi connectivity index (χ2n) is 3.54. The number of ether oxygens (including phenoxy) is 2. The second kappa shape index (κ2) is 6.44. The first-order chi connectivity index (χ1) is 9.20. The number of primary sulfonamides is 1. The monoisotopic (exact) mass is 329 g/mol. The first-order valence-corrected chi connectivity index (χ1v) is 6.99. The van der Waals surface area contributed by atoms with Crippen LogP contribution < -0.4 is 5.14 Å². The van der Waals surface area contributed by atoms with Gasteiger partial charge >= 0.3 is 5.97 Å². The first-order valence-electron chi connectivity index (χ1n) is 5.06. The summed E-state index contributed by atoms with van der Waals surface area (Å²) in [6.07, 6.45) is 0. The Balaban J connectivity index is 3.30. The lowest BCUT2D eigenvalue weighted by atomic mass is 10.2. The molecule has 0 aliphatic rings. The highest BCUT2D eigenvalue weighted by Crippen LogP contribution is 2.29. The van der Waals surface area contributed by atoms with Crippen LogP contribution in [0.25, 0.3) is 0 Å². The largest absolute Gasteiger partial charge is 0.460 e. The maximum absolute atomic E-state index is 13.4. The molecule has 0 spiro atoms. The Morgan fingerprint density at radius 2 is 2.00 bits per heavy atom. The molecule has 1 aromatic carbocycles. The van der Waals surface area contributed by atoms with Gasteiger partial charge in [-0.1, -0.05) is 11.6 Å². The highest BCUT2D eigenvalue weighted by atomic mass is 35.5. The van der Waals surface area contributed by atoms with E-state index in [1.807, 2.05) is 0 Å². The minimum atomic E-state index is -4.65. The van der Waals surface area contributed by atoms with Gasteiger partial charge in [-0.15, -0.1) is 0 Å². The Morgan fingerprint density at radius 1 is 1.40 bits per heavy atom. The van der Waals surface area contributed by atoms with Crippen molar-refractivity contribution < 1.29 is 31.5 Å². The summed E-state index contributed by atoms with van der Waals surface area (Å²) in [6, 6.07) is 0.432. The number of hydrogen-bond acceptors (Lipinski definition) is 5. The summed E-state index contributed by atoms with van der Waals surface area (Å²) < 4.78 is 58.3. The van der Waals surface area contributed by atoms with Crippen molar-refractivity contribution in [1.29, 1.82) is 0 Å². The van der Waals surface area contributed by atoms with Crippen LogP contribution in [0.15, 0.2) is 11.0 Å². The van der Waals surface area contributed by atoms with Crippen molar-refractivity contribution in [2.75, 3.05) is 20.3 Å². The summed E-state index contributed by atoms with van der Waals surface area (Å²) in [7, 11) is -3.29. The Labute approximate surface area is 118 Å². The Kier molecular flexibility index (Phi) is 5.40. The van der Waals surface area contributed by atoms with E-state index in [9.17, 15) is 22.0 Å². The molecule has 10 heteroatoms. The fourth-order valence-corrected chi connectivity index (χ4v) is 2.52. The summed E-state index contributed by atoms with van der Waals surface area (Å²) in [5, 5.41) is 3.89. The molecule has 0 aliphatic heterocycles. The maximum Gasteiger partial charge on any atom is 0.339 e. The van der Waals surface area contributed by atoms with E-state index >= 15 is 0 Å². The molecule has 0 unspecified atom stereocenters. The van der Waals surface area contributed by atoms with Gasteiger partial charge in [0.05, 0.1) is 17.2 Å². The SMILES string of the molecule is COCCOC(=O)c1cc(F)c(F)c(S(N)(=O)=O)c1Cl. The van der Waals surface area contributed by atoms with Crippen LogP contribution in [0, 0.1) is 11.6 Å². The van der Waals surface area contributed by atoms with Crippen LogP contribution in [0.1, 0.15) is 10.4 Å². The average molecular weight is 330 g/mol. The summed E-state index contributed by atoms with van der Waals surface area (Å²) in [4.78, 5) is 10.3. The summed E-state index contributed by atoms with van der Waals surface area (Å²) in [5.41, 5.74) is -0.648.